The molecule has 0 atom stereocenters. The lowest BCUT2D eigenvalue weighted by atomic mass is 10.1. The van der Waals surface area contributed by atoms with Crippen molar-refractivity contribution in [3.8, 4) is 0 Å². The van der Waals surface area contributed by atoms with Gasteiger partial charge < -0.3 is 10.1 Å². The average molecular weight is 269 g/mol. The van der Waals surface area contributed by atoms with Crippen LogP contribution in [0.1, 0.15) is 17.5 Å². The molecular weight excluding hydrogens is 250 g/mol. The van der Waals surface area contributed by atoms with E-state index in [4.69, 9.17) is 0 Å². The molecule has 0 saturated heterocycles. The molecule has 0 saturated carbocycles. The molecular formula is C17H19NO2. The smallest absolute Gasteiger partial charge is 0.305 e. The zero-order chi connectivity index (χ0) is 14.2. The summed E-state index contributed by atoms with van der Waals surface area (Å²) >= 11 is 0. The molecule has 0 bridgehead atoms. The number of hydrogen-bond acceptors (Lipinski definition) is 3. The van der Waals surface area contributed by atoms with Crippen LogP contribution in [-0.2, 0) is 22.5 Å². The Morgan fingerprint density at radius 3 is 2.35 bits per heavy atom. The lowest BCUT2D eigenvalue weighted by Gasteiger charge is -2.07. The summed E-state index contributed by atoms with van der Waals surface area (Å²) in [7, 11) is 1.42. The van der Waals surface area contributed by atoms with Gasteiger partial charge in [0.15, 0.2) is 0 Å². The normalized spacial score (nSPS) is 10.1. The molecule has 3 heteroatoms. The molecule has 0 aromatic heterocycles. The third-order valence-electron chi connectivity index (χ3n) is 3.14. The van der Waals surface area contributed by atoms with E-state index in [-0.39, 0.29) is 5.97 Å². The number of benzene rings is 2. The van der Waals surface area contributed by atoms with Crippen molar-refractivity contribution >= 4 is 11.7 Å². The predicted octanol–water partition coefficient (Wildman–Crippen LogP) is 3.40. The van der Waals surface area contributed by atoms with Gasteiger partial charge in [-0.05, 0) is 29.7 Å². The largest absolute Gasteiger partial charge is 0.469 e. The van der Waals surface area contributed by atoms with Crippen LogP contribution in [0.2, 0.25) is 0 Å². The quantitative estimate of drug-likeness (QED) is 0.817. The molecule has 0 unspecified atom stereocenters. The number of ether oxygens (including phenoxy) is 1. The van der Waals surface area contributed by atoms with Crippen LogP contribution in [0.3, 0.4) is 0 Å². The van der Waals surface area contributed by atoms with Crippen molar-refractivity contribution < 1.29 is 9.53 Å². The van der Waals surface area contributed by atoms with E-state index in [1.165, 1.54) is 12.7 Å². The van der Waals surface area contributed by atoms with Gasteiger partial charge in [-0.15, -0.1) is 0 Å². The van der Waals surface area contributed by atoms with Gasteiger partial charge in [-0.2, -0.15) is 0 Å². The Hall–Kier alpha value is -2.29. The number of methoxy groups -OCH3 is 1. The van der Waals surface area contributed by atoms with Crippen LogP contribution in [0.25, 0.3) is 0 Å². The van der Waals surface area contributed by atoms with Crippen molar-refractivity contribution in [1.82, 2.24) is 0 Å². The predicted molar refractivity (Wildman–Crippen MR) is 80.5 cm³/mol. The number of nitrogens with one attached hydrogen (secondary N) is 1. The first-order valence-corrected chi connectivity index (χ1v) is 6.71. The summed E-state index contributed by atoms with van der Waals surface area (Å²) < 4.78 is 4.63. The van der Waals surface area contributed by atoms with Gasteiger partial charge >= 0.3 is 5.97 Å². The highest BCUT2D eigenvalue weighted by Gasteiger charge is 2.01. The summed E-state index contributed by atoms with van der Waals surface area (Å²) in [6.07, 6.45) is 1.14. The zero-order valence-corrected chi connectivity index (χ0v) is 11.6. The first-order valence-electron chi connectivity index (χ1n) is 6.71. The fourth-order valence-electron chi connectivity index (χ4n) is 1.94. The molecule has 0 radical (unpaired) electrons. The molecule has 2 aromatic rings. The highest BCUT2D eigenvalue weighted by atomic mass is 16.5. The van der Waals surface area contributed by atoms with Crippen molar-refractivity contribution in [3.63, 3.8) is 0 Å². The molecule has 104 valence electrons. The Kier molecular flexibility index (Phi) is 5.18. The number of esters is 1. The molecule has 2 rings (SSSR count). The maximum absolute atomic E-state index is 11.1. The third-order valence-corrected chi connectivity index (χ3v) is 3.14. The minimum absolute atomic E-state index is 0.170. The van der Waals surface area contributed by atoms with Gasteiger partial charge in [0, 0.05) is 18.7 Å². The van der Waals surface area contributed by atoms with E-state index >= 15 is 0 Å². The molecule has 0 spiro atoms. The van der Waals surface area contributed by atoms with E-state index in [0.29, 0.717) is 12.8 Å². The van der Waals surface area contributed by atoms with Crippen molar-refractivity contribution in [2.24, 2.45) is 0 Å². The van der Waals surface area contributed by atoms with Gasteiger partial charge in [0.05, 0.1) is 7.11 Å². The average Bonchev–Trinajstić information content (AvgIpc) is 2.52. The monoisotopic (exact) mass is 269 g/mol. The molecule has 0 aliphatic carbocycles. The summed E-state index contributed by atoms with van der Waals surface area (Å²) in [5, 5.41) is 3.37. The Labute approximate surface area is 119 Å². The molecule has 20 heavy (non-hydrogen) atoms. The lowest BCUT2D eigenvalue weighted by molar-refractivity contribution is -0.140. The van der Waals surface area contributed by atoms with Crippen LogP contribution in [0.15, 0.2) is 54.6 Å². The van der Waals surface area contributed by atoms with E-state index in [9.17, 15) is 4.79 Å². The Balaban J connectivity index is 1.84. The standard InChI is InChI=1S/C17H19NO2/c1-20-17(19)12-9-14-7-10-16(11-8-14)18-13-15-5-3-2-4-6-15/h2-8,10-11,18H,9,12-13H2,1H3. The third kappa shape index (κ3) is 4.43. The fourth-order valence-corrected chi connectivity index (χ4v) is 1.94. The topological polar surface area (TPSA) is 38.3 Å². The molecule has 0 aliphatic heterocycles. The number of hydrogen-bond donors (Lipinski definition) is 1. The molecule has 2 aromatic carbocycles. The SMILES string of the molecule is COC(=O)CCc1ccc(NCc2ccccc2)cc1. The summed E-state index contributed by atoms with van der Waals surface area (Å²) in [6, 6.07) is 18.4. The van der Waals surface area contributed by atoms with E-state index in [1.54, 1.807) is 0 Å². The Morgan fingerprint density at radius 1 is 1.00 bits per heavy atom. The van der Waals surface area contributed by atoms with Gasteiger partial charge in [0.1, 0.15) is 0 Å². The molecule has 1 N–H and O–H groups in total. The van der Waals surface area contributed by atoms with Crippen LogP contribution in [0.4, 0.5) is 5.69 Å². The van der Waals surface area contributed by atoms with Gasteiger partial charge in [-0.25, -0.2) is 0 Å². The molecule has 0 amide bonds. The van der Waals surface area contributed by atoms with Crippen molar-refractivity contribution in [3.05, 3.63) is 65.7 Å². The van der Waals surface area contributed by atoms with E-state index in [1.807, 2.05) is 42.5 Å². The van der Waals surface area contributed by atoms with Crippen molar-refractivity contribution in [1.29, 1.82) is 0 Å². The lowest BCUT2D eigenvalue weighted by Crippen LogP contribution is -2.02. The van der Waals surface area contributed by atoms with E-state index in [2.05, 4.69) is 22.2 Å². The van der Waals surface area contributed by atoms with Gasteiger partial charge in [0.2, 0.25) is 0 Å². The minimum atomic E-state index is -0.170. The summed E-state index contributed by atoms with van der Waals surface area (Å²) in [5.74, 6) is -0.170. The molecule has 3 nitrogen and oxygen atoms in total. The van der Waals surface area contributed by atoms with E-state index < -0.39 is 0 Å². The fraction of sp³-hybridized carbons (Fsp3) is 0.235. The second-order valence-corrected chi connectivity index (χ2v) is 4.61. The molecule has 0 aliphatic rings. The summed E-state index contributed by atoms with van der Waals surface area (Å²) in [6.45, 7) is 0.808. The van der Waals surface area contributed by atoms with E-state index in [0.717, 1.165) is 17.8 Å². The summed E-state index contributed by atoms with van der Waals surface area (Å²) in [5.41, 5.74) is 3.47. The van der Waals surface area contributed by atoms with Crippen LogP contribution in [-0.4, -0.2) is 13.1 Å². The number of rotatable bonds is 6. The van der Waals surface area contributed by atoms with Crippen LogP contribution in [0.5, 0.6) is 0 Å². The van der Waals surface area contributed by atoms with Crippen molar-refractivity contribution in [2.45, 2.75) is 19.4 Å². The highest BCUT2D eigenvalue weighted by molar-refractivity contribution is 5.69. The second kappa shape index (κ2) is 7.34. The van der Waals surface area contributed by atoms with Gasteiger partial charge in [-0.1, -0.05) is 42.5 Å². The number of anilines is 1. The molecule has 0 heterocycles. The first kappa shape index (κ1) is 14.1. The Bertz CT molecular complexity index is 535. The van der Waals surface area contributed by atoms with Gasteiger partial charge in [-0.3, -0.25) is 4.79 Å². The van der Waals surface area contributed by atoms with Gasteiger partial charge in [0.25, 0.3) is 0 Å². The number of carbonyl (C=O) groups excluding carboxylic acids is 1. The van der Waals surface area contributed by atoms with Crippen LogP contribution in [0, 0.1) is 0 Å². The maximum atomic E-state index is 11.1. The minimum Gasteiger partial charge on any atom is -0.469 e. The number of aryl methyl sites for hydroxylation is 1. The second-order valence-electron chi connectivity index (χ2n) is 4.61. The highest BCUT2D eigenvalue weighted by Crippen LogP contribution is 2.12. The van der Waals surface area contributed by atoms with Crippen LogP contribution >= 0.6 is 0 Å². The molecule has 0 fully saturated rings. The Morgan fingerprint density at radius 2 is 1.70 bits per heavy atom. The summed E-state index contributed by atoms with van der Waals surface area (Å²) in [4.78, 5) is 11.1. The maximum Gasteiger partial charge on any atom is 0.305 e. The number of carbonyl (C=O) groups is 1. The van der Waals surface area contributed by atoms with Crippen molar-refractivity contribution in [2.75, 3.05) is 12.4 Å². The zero-order valence-electron chi connectivity index (χ0n) is 11.6. The first-order chi connectivity index (χ1) is 9.78. The van der Waals surface area contributed by atoms with Crippen LogP contribution < -0.4 is 5.32 Å².